The van der Waals surface area contributed by atoms with E-state index in [4.69, 9.17) is 0 Å². The van der Waals surface area contributed by atoms with E-state index in [1.54, 1.807) is 0 Å². The highest BCUT2D eigenvalue weighted by Gasteiger charge is 1.92. The predicted octanol–water partition coefficient (Wildman–Crippen LogP) is 4.31. The molecule has 4 heteroatoms. The Bertz CT molecular complexity index is 96.8. The quantitative estimate of drug-likeness (QED) is 0.419. The average Bonchev–Trinajstić information content (AvgIpc) is 2.26. The van der Waals surface area contributed by atoms with Crippen LogP contribution in [-0.2, 0) is 0 Å². The topological polar surface area (TPSA) is 0 Å². The maximum absolute atomic E-state index is 4.19. The molecule has 0 aliphatic carbocycles. The first-order chi connectivity index (χ1) is 7.41. The molecule has 0 aliphatic heterocycles. The Morgan fingerprint density at radius 2 is 1.20 bits per heavy atom. The molecule has 0 bridgehead atoms. The molecule has 0 radical (unpaired) electrons. The minimum atomic E-state index is 1.02. The van der Waals surface area contributed by atoms with Gasteiger partial charge in [0.2, 0.25) is 0 Å². The van der Waals surface area contributed by atoms with Crippen molar-refractivity contribution in [2.24, 2.45) is 0 Å². The van der Waals surface area contributed by atoms with E-state index in [1.807, 2.05) is 11.8 Å². The Hall–Kier alpha value is 1.40. The summed E-state index contributed by atoms with van der Waals surface area (Å²) < 4.78 is 0. The van der Waals surface area contributed by atoms with Crippen molar-refractivity contribution >= 4 is 47.9 Å². The summed E-state index contributed by atoms with van der Waals surface area (Å²) in [6.45, 7) is 2.25. The third-order valence-electron chi connectivity index (χ3n) is 1.74. The van der Waals surface area contributed by atoms with E-state index < -0.39 is 0 Å². The minimum absolute atomic E-state index is 1.02. The summed E-state index contributed by atoms with van der Waals surface area (Å²) in [7, 11) is 0. The fraction of sp³-hybridized carbons (Fsp3) is 1.00. The van der Waals surface area contributed by atoms with E-state index in [0.29, 0.717) is 0 Å². The Labute approximate surface area is 114 Å². The second-order valence-corrected chi connectivity index (χ2v) is 7.39. The lowest BCUT2D eigenvalue weighted by molar-refractivity contribution is 1.07. The van der Waals surface area contributed by atoms with Crippen LogP contribution >= 0.6 is 47.9 Å². The van der Waals surface area contributed by atoms with E-state index in [9.17, 15) is 0 Å². The van der Waals surface area contributed by atoms with Crippen LogP contribution in [-0.4, -0.2) is 40.3 Å². The highest BCUT2D eigenvalue weighted by Crippen LogP contribution is 2.11. The molecule has 0 atom stereocenters. The van der Waals surface area contributed by atoms with Gasteiger partial charge in [0.25, 0.3) is 0 Å². The molecule has 92 valence electrons. The van der Waals surface area contributed by atoms with E-state index in [0.717, 1.165) is 5.75 Å². The first-order valence-electron chi connectivity index (χ1n) is 5.76. The number of hydrogen-bond donors (Lipinski definition) is 1. The molecule has 0 heterocycles. The van der Waals surface area contributed by atoms with Gasteiger partial charge in [0.05, 0.1) is 0 Å². The molecule has 0 N–H and O–H groups in total. The Morgan fingerprint density at radius 1 is 0.733 bits per heavy atom. The second kappa shape index (κ2) is 15.4. The molecule has 0 aliphatic rings. The highest BCUT2D eigenvalue weighted by atomic mass is 32.2. The van der Waals surface area contributed by atoms with Crippen molar-refractivity contribution in [2.75, 3.05) is 40.3 Å². The largest absolute Gasteiger partial charge is 0.179 e. The summed E-state index contributed by atoms with van der Waals surface area (Å²) in [6.07, 6.45) is 4.07. The second-order valence-electron chi connectivity index (χ2n) is 3.27. The molecular formula is C11H24S4. The van der Waals surface area contributed by atoms with E-state index >= 15 is 0 Å². The van der Waals surface area contributed by atoms with Crippen LogP contribution in [0.15, 0.2) is 0 Å². The molecule has 0 amide bonds. The predicted molar refractivity (Wildman–Crippen MR) is 85.4 cm³/mol. The number of thioether (sulfide) groups is 3. The molecule has 0 aromatic rings. The van der Waals surface area contributed by atoms with Crippen molar-refractivity contribution in [3.8, 4) is 0 Å². The fourth-order valence-electron chi connectivity index (χ4n) is 1.04. The van der Waals surface area contributed by atoms with Crippen LogP contribution < -0.4 is 0 Å². The lowest BCUT2D eigenvalue weighted by Crippen LogP contribution is -1.90. The van der Waals surface area contributed by atoms with Crippen molar-refractivity contribution in [3.05, 3.63) is 0 Å². The third kappa shape index (κ3) is 15.4. The molecule has 0 nitrogen and oxygen atoms in total. The van der Waals surface area contributed by atoms with Gasteiger partial charge in [-0.25, -0.2) is 0 Å². The standard InChI is InChI=1S/C11H24S4/c1-2-6-13-7-3-8-14-9-4-10-15-11-5-12/h12H,2-11H2,1H3. The van der Waals surface area contributed by atoms with Gasteiger partial charge in [-0.1, -0.05) is 6.92 Å². The summed E-state index contributed by atoms with van der Waals surface area (Å²) in [5, 5.41) is 0. The first kappa shape index (κ1) is 16.4. The van der Waals surface area contributed by atoms with Crippen molar-refractivity contribution in [2.45, 2.75) is 26.2 Å². The zero-order chi connectivity index (χ0) is 11.2. The molecule has 0 saturated carbocycles. The Balaban J connectivity index is 2.81. The maximum atomic E-state index is 4.19. The number of rotatable bonds is 12. The van der Waals surface area contributed by atoms with Crippen molar-refractivity contribution in [1.29, 1.82) is 0 Å². The molecule has 15 heavy (non-hydrogen) atoms. The molecular weight excluding hydrogens is 260 g/mol. The van der Waals surface area contributed by atoms with Crippen LogP contribution in [0.2, 0.25) is 0 Å². The molecule has 0 saturated heterocycles. The smallest absolute Gasteiger partial charge is 0.00210 e. The normalized spacial score (nSPS) is 10.8. The summed E-state index contributed by atoms with van der Waals surface area (Å²) >= 11 is 10.5. The summed E-state index contributed by atoms with van der Waals surface area (Å²) in [4.78, 5) is 0. The van der Waals surface area contributed by atoms with Gasteiger partial charge in [-0.05, 0) is 53.8 Å². The van der Waals surface area contributed by atoms with Crippen LogP contribution in [0.1, 0.15) is 26.2 Å². The van der Waals surface area contributed by atoms with Crippen molar-refractivity contribution in [3.63, 3.8) is 0 Å². The lowest BCUT2D eigenvalue weighted by Gasteiger charge is -2.01. The van der Waals surface area contributed by atoms with Gasteiger partial charge in [-0.3, -0.25) is 0 Å². The van der Waals surface area contributed by atoms with E-state index in [1.165, 1.54) is 53.8 Å². The highest BCUT2D eigenvalue weighted by molar-refractivity contribution is 8.00. The van der Waals surface area contributed by atoms with Gasteiger partial charge in [-0.15, -0.1) is 0 Å². The van der Waals surface area contributed by atoms with Crippen molar-refractivity contribution < 1.29 is 0 Å². The maximum Gasteiger partial charge on any atom is 0.00210 e. The first-order valence-corrected chi connectivity index (χ1v) is 9.85. The SMILES string of the molecule is CCCSCCCSCCCSCCS. The molecule has 0 aromatic heterocycles. The van der Waals surface area contributed by atoms with Crippen LogP contribution in [0.25, 0.3) is 0 Å². The Morgan fingerprint density at radius 3 is 1.67 bits per heavy atom. The number of thiol groups is 1. The van der Waals surface area contributed by atoms with Gasteiger partial charge < -0.3 is 0 Å². The average molecular weight is 285 g/mol. The van der Waals surface area contributed by atoms with E-state index in [-0.39, 0.29) is 0 Å². The van der Waals surface area contributed by atoms with Crippen molar-refractivity contribution in [1.82, 2.24) is 0 Å². The fourth-order valence-corrected chi connectivity index (χ4v) is 4.22. The summed E-state index contributed by atoms with van der Waals surface area (Å²) in [5.41, 5.74) is 0. The summed E-state index contributed by atoms with van der Waals surface area (Å²) in [6, 6.07) is 0. The monoisotopic (exact) mass is 284 g/mol. The third-order valence-corrected chi connectivity index (χ3v) is 5.76. The zero-order valence-corrected chi connectivity index (χ0v) is 13.1. The summed E-state index contributed by atoms with van der Waals surface area (Å²) in [5.74, 6) is 8.94. The van der Waals surface area contributed by atoms with Gasteiger partial charge in [0.1, 0.15) is 0 Å². The molecule has 0 rings (SSSR count). The van der Waals surface area contributed by atoms with Crippen LogP contribution in [0.4, 0.5) is 0 Å². The zero-order valence-electron chi connectivity index (χ0n) is 9.74. The van der Waals surface area contributed by atoms with E-state index in [2.05, 4.69) is 43.1 Å². The molecule has 0 aromatic carbocycles. The van der Waals surface area contributed by atoms with Crippen LogP contribution in [0.5, 0.6) is 0 Å². The molecule has 0 unspecified atom stereocenters. The van der Waals surface area contributed by atoms with Gasteiger partial charge in [-0.2, -0.15) is 47.9 Å². The Kier molecular flexibility index (Phi) is 16.8. The minimum Gasteiger partial charge on any atom is -0.179 e. The van der Waals surface area contributed by atoms with Crippen LogP contribution in [0.3, 0.4) is 0 Å². The molecule has 0 spiro atoms. The molecule has 0 fully saturated rings. The van der Waals surface area contributed by atoms with Gasteiger partial charge in [0.15, 0.2) is 0 Å². The lowest BCUT2D eigenvalue weighted by atomic mass is 10.6. The van der Waals surface area contributed by atoms with Gasteiger partial charge in [0, 0.05) is 5.75 Å². The number of hydrogen-bond acceptors (Lipinski definition) is 4. The van der Waals surface area contributed by atoms with Crippen LogP contribution in [0, 0.1) is 0 Å². The van der Waals surface area contributed by atoms with Gasteiger partial charge >= 0.3 is 0 Å².